The van der Waals surface area contributed by atoms with Gasteiger partial charge in [0.25, 0.3) is 5.91 Å². The molecule has 1 aliphatic heterocycles. The van der Waals surface area contributed by atoms with E-state index >= 15 is 0 Å². The lowest BCUT2D eigenvalue weighted by Crippen LogP contribution is -2.12. The van der Waals surface area contributed by atoms with Crippen molar-refractivity contribution in [2.45, 2.75) is 6.54 Å². The van der Waals surface area contributed by atoms with Crippen LogP contribution in [0.15, 0.2) is 54.9 Å². The van der Waals surface area contributed by atoms with Crippen molar-refractivity contribution in [2.24, 2.45) is 0 Å². The van der Waals surface area contributed by atoms with Crippen LogP contribution in [0.2, 0.25) is 0 Å². The van der Waals surface area contributed by atoms with Crippen molar-refractivity contribution < 1.29 is 4.79 Å². The number of fused-ring (bicyclic) bond motifs is 2. The summed E-state index contributed by atoms with van der Waals surface area (Å²) in [7, 11) is 0. The predicted molar refractivity (Wildman–Crippen MR) is 78.3 cm³/mol. The fourth-order valence-electron chi connectivity index (χ4n) is 2.75. The quantitative estimate of drug-likeness (QED) is 0.730. The number of carbonyl (C=O) groups excluding carboxylic acids is 1. The Kier molecular flexibility index (Phi) is 2.33. The minimum absolute atomic E-state index is 0.0141. The topological polar surface area (TPSA) is 42.0 Å². The molecule has 20 heavy (non-hydrogen) atoms. The molecule has 4 rings (SSSR count). The number of benzene rings is 2. The number of hydrogen-bond donors (Lipinski definition) is 1. The zero-order valence-corrected chi connectivity index (χ0v) is 10.8. The van der Waals surface area contributed by atoms with Crippen LogP contribution in [-0.4, -0.2) is 10.9 Å². The number of nitrogens with zero attached hydrogens (tertiary/aromatic N) is 1. The van der Waals surface area contributed by atoms with Gasteiger partial charge < -0.3 is 5.32 Å². The van der Waals surface area contributed by atoms with E-state index in [-0.39, 0.29) is 5.91 Å². The minimum Gasteiger partial charge on any atom is -0.348 e. The van der Waals surface area contributed by atoms with Crippen LogP contribution in [0, 0.1) is 0 Å². The summed E-state index contributed by atoms with van der Waals surface area (Å²) in [6, 6.07) is 14.2. The summed E-state index contributed by atoms with van der Waals surface area (Å²) in [4.78, 5) is 16.0. The third-order valence-corrected chi connectivity index (χ3v) is 3.79. The first-order chi connectivity index (χ1) is 9.83. The number of carbonyl (C=O) groups is 1. The van der Waals surface area contributed by atoms with Gasteiger partial charge in [0.05, 0.1) is 0 Å². The second-order valence-corrected chi connectivity index (χ2v) is 4.96. The first kappa shape index (κ1) is 11.2. The maximum atomic E-state index is 11.8. The molecule has 0 fully saturated rings. The summed E-state index contributed by atoms with van der Waals surface area (Å²) in [5, 5.41) is 5.11. The molecule has 96 valence electrons. The number of amides is 1. The maximum Gasteiger partial charge on any atom is 0.251 e. The molecule has 1 N–H and O–H groups in total. The summed E-state index contributed by atoms with van der Waals surface area (Å²) < 4.78 is 0. The van der Waals surface area contributed by atoms with Crippen molar-refractivity contribution in [3.05, 3.63) is 66.0 Å². The molecule has 0 unspecified atom stereocenters. The molecule has 1 amide bonds. The molecular weight excluding hydrogens is 248 g/mol. The molecule has 1 aliphatic rings. The van der Waals surface area contributed by atoms with Gasteiger partial charge in [0.2, 0.25) is 0 Å². The van der Waals surface area contributed by atoms with E-state index in [9.17, 15) is 4.79 Å². The Morgan fingerprint density at radius 3 is 2.95 bits per heavy atom. The standard InChI is InChI=1S/C17H12N2O/c20-17-15-8-12(4-5-13(15)9-19-17)14-3-1-2-11-6-7-18-10-16(11)14/h1-8,10H,9H2,(H,19,20). The van der Waals surface area contributed by atoms with E-state index in [2.05, 4.69) is 28.5 Å². The highest BCUT2D eigenvalue weighted by Gasteiger charge is 2.19. The number of aromatic nitrogens is 1. The van der Waals surface area contributed by atoms with Gasteiger partial charge in [0.1, 0.15) is 0 Å². The molecule has 0 atom stereocenters. The Morgan fingerprint density at radius 2 is 2.00 bits per heavy atom. The highest BCUT2D eigenvalue weighted by atomic mass is 16.1. The fraction of sp³-hybridized carbons (Fsp3) is 0.0588. The maximum absolute atomic E-state index is 11.8. The molecule has 0 saturated heterocycles. The van der Waals surface area contributed by atoms with Crippen LogP contribution in [-0.2, 0) is 6.54 Å². The molecule has 1 aromatic heterocycles. The molecule has 0 spiro atoms. The molecule has 3 aromatic rings. The predicted octanol–water partition coefficient (Wildman–Crippen LogP) is 3.15. The summed E-state index contributed by atoms with van der Waals surface area (Å²) in [5.74, 6) is 0.0141. The molecule has 3 heteroatoms. The Balaban J connectivity index is 1.96. The Bertz CT molecular complexity index is 834. The van der Waals surface area contributed by atoms with Gasteiger partial charge >= 0.3 is 0 Å². The summed E-state index contributed by atoms with van der Waals surface area (Å²) >= 11 is 0. The molecule has 0 radical (unpaired) electrons. The van der Waals surface area contributed by atoms with Crippen molar-refractivity contribution in [1.82, 2.24) is 10.3 Å². The highest BCUT2D eigenvalue weighted by Crippen LogP contribution is 2.30. The molecule has 2 aromatic carbocycles. The van der Waals surface area contributed by atoms with Gasteiger partial charge in [0, 0.05) is 29.9 Å². The molecule has 0 aliphatic carbocycles. The van der Waals surface area contributed by atoms with E-state index in [4.69, 9.17) is 0 Å². The largest absolute Gasteiger partial charge is 0.348 e. The van der Waals surface area contributed by atoms with Crippen LogP contribution in [0.5, 0.6) is 0 Å². The van der Waals surface area contributed by atoms with Crippen molar-refractivity contribution in [2.75, 3.05) is 0 Å². The normalized spacial score (nSPS) is 13.3. The Hall–Kier alpha value is -2.68. The fourth-order valence-corrected chi connectivity index (χ4v) is 2.75. The lowest BCUT2D eigenvalue weighted by molar-refractivity contribution is 0.0966. The summed E-state index contributed by atoms with van der Waals surface area (Å²) in [6.07, 6.45) is 3.67. The van der Waals surface area contributed by atoms with E-state index in [0.29, 0.717) is 6.54 Å². The van der Waals surface area contributed by atoms with Crippen molar-refractivity contribution in [3.8, 4) is 11.1 Å². The average molecular weight is 260 g/mol. The second-order valence-electron chi connectivity index (χ2n) is 4.96. The number of rotatable bonds is 1. The summed E-state index contributed by atoms with van der Waals surface area (Å²) in [5.41, 5.74) is 4.01. The minimum atomic E-state index is 0.0141. The van der Waals surface area contributed by atoms with E-state index in [1.807, 2.05) is 30.5 Å². The van der Waals surface area contributed by atoms with Gasteiger partial charge in [-0.1, -0.05) is 30.3 Å². The second kappa shape index (κ2) is 4.17. The van der Waals surface area contributed by atoms with Gasteiger partial charge in [-0.2, -0.15) is 0 Å². The van der Waals surface area contributed by atoms with E-state index in [0.717, 1.165) is 33.0 Å². The monoisotopic (exact) mass is 260 g/mol. The smallest absolute Gasteiger partial charge is 0.251 e. The first-order valence-electron chi connectivity index (χ1n) is 6.57. The Morgan fingerprint density at radius 1 is 1.05 bits per heavy atom. The number of nitrogens with one attached hydrogen (secondary N) is 1. The Labute approximate surface area is 116 Å². The molecule has 0 saturated carbocycles. The van der Waals surface area contributed by atoms with Crippen molar-refractivity contribution >= 4 is 16.7 Å². The van der Waals surface area contributed by atoms with Crippen LogP contribution in [0.25, 0.3) is 21.9 Å². The number of pyridine rings is 1. The van der Waals surface area contributed by atoms with Crippen LogP contribution >= 0.6 is 0 Å². The van der Waals surface area contributed by atoms with Crippen LogP contribution in [0.4, 0.5) is 0 Å². The van der Waals surface area contributed by atoms with Gasteiger partial charge in [-0.15, -0.1) is 0 Å². The van der Waals surface area contributed by atoms with E-state index in [1.54, 1.807) is 6.20 Å². The zero-order valence-electron chi connectivity index (χ0n) is 10.8. The average Bonchev–Trinajstić information content (AvgIpc) is 2.88. The molecule has 0 bridgehead atoms. The SMILES string of the molecule is O=C1NCc2ccc(-c3cccc4ccncc34)cc21. The molecule has 2 heterocycles. The number of hydrogen-bond acceptors (Lipinski definition) is 2. The third kappa shape index (κ3) is 1.60. The lowest BCUT2D eigenvalue weighted by atomic mass is 9.97. The first-order valence-corrected chi connectivity index (χ1v) is 6.57. The molecular formula is C17H12N2O. The van der Waals surface area contributed by atoms with E-state index < -0.39 is 0 Å². The zero-order chi connectivity index (χ0) is 13.5. The van der Waals surface area contributed by atoms with Crippen LogP contribution < -0.4 is 5.32 Å². The van der Waals surface area contributed by atoms with Gasteiger partial charge in [-0.3, -0.25) is 9.78 Å². The van der Waals surface area contributed by atoms with Crippen LogP contribution in [0.3, 0.4) is 0 Å². The molecule has 3 nitrogen and oxygen atoms in total. The lowest BCUT2D eigenvalue weighted by Gasteiger charge is -2.07. The summed E-state index contributed by atoms with van der Waals surface area (Å²) in [6.45, 7) is 0.630. The van der Waals surface area contributed by atoms with Crippen LogP contribution in [0.1, 0.15) is 15.9 Å². The van der Waals surface area contributed by atoms with E-state index in [1.165, 1.54) is 0 Å². The highest BCUT2D eigenvalue weighted by molar-refractivity contribution is 6.01. The van der Waals surface area contributed by atoms with Crippen molar-refractivity contribution in [1.29, 1.82) is 0 Å². The van der Waals surface area contributed by atoms with Gasteiger partial charge in [0.15, 0.2) is 0 Å². The van der Waals surface area contributed by atoms with Gasteiger partial charge in [-0.05, 0) is 34.2 Å². The third-order valence-electron chi connectivity index (χ3n) is 3.79. The van der Waals surface area contributed by atoms with Crippen molar-refractivity contribution in [3.63, 3.8) is 0 Å². The van der Waals surface area contributed by atoms with Gasteiger partial charge in [-0.25, -0.2) is 0 Å².